The average Bonchev–Trinajstić information content (AvgIpc) is 3.61. The Bertz CT molecular complexity index is 2480. The highest BCUT2D eigenvalue weighted by Crippen LogP contribution is 2.65. The lowest BCUT2D eigenvalue weighted by atomic mass is 9.67. The van der Waals surface area contributed by atoms with Gasteiger partial charge in [0.05, 0.1) is 5.41 Å². The summed E-state index contributed by atoms with van der Waals surface area (Å²) in [7, 11) is 0. The fourth-order valence-corrected chi connectivity index (χ4v) is 8.57. The SMILES string of the molecule is CC1=C(c2ccccc2C)C2(c3ccccc31)c1ccccc1-c1ccc(-c3ccccc3-c3ccccc3/C=C/Nc3ccccc3)cc12. The van der Waals surface area contributed by atoms with E-state index in [1.807, 2.05) is 24.4 Å². The van der Waals surface area contributed by atoms with Crippen molar-refractivity contribution in [3.63, 3.8) is 0 Å². The summed E-state index contributed by atoms with van der Waals surface area (Å²) in [5.74, 6) is 0. The number of nitrogens with one attached hydrogen (secondary N) is 1. The van der Waals surface area contributed by atoms with Crippen molar-refractivity contribution in [3.05, 3.63) is 215 Å². The summed E-state index contributed by atoms with van der Waals surface area (Å²) in [6, 6.07) is 62.1. The molecule has 1 N–H and O–H groups in total. The van der Waals surface area contributed by atoms with E-state index in [9.17, 15) is 0 Å². The second-order valence-electron chi connectivity index (χ2n) is 13.4. The molecule has 9 rings (SSSR count). The highest BCUT2D eigenvalue weighted by molar-refractivity contribution is 6.10. The number of allylic oxidation sites excluding steroid dienone is 2. The van der Waals surface area contributed by atoms with Crippen LogP contribution in [0.15, 0.2) is 176 Å². The Labute approximate surface area is 294 Å². The van der Waals surface area contributed by atoms with Crippen molar-refractivity contribution in [3.8, 4) is 33.4 Å². The topological polar surface area (TPSA) is 12.0 Å². The van der Waals surface area contributed by atoms with E-state index in [-0.39, 0.29) is 0 Å². The molecule has 0 aromatic heterocycles. The standard InChI is InChI=1S/C49H37N/c1-33-16-6-8-20-38(33)48-34(2)39-21-12-14-26-45(39)49(48)46-27-15-13-25-43(46)44-29-28-36(32-47(44)49)41-23-10-11-24-42(41)40-22-9-7-17-35(40)30-31-50-37-18-4-3-5-19-37/h3-32,50H,1-2H3/b31-30+. The smallest absolute Gasteiger partial charge is 0.0728 e. The van der Waals surface area contributed by atoms with Crippen LogP contribution in [-0.2, 0) is 5.41 Å². The van der Waals surface area contributed by atoms with Gasteiger partial charge in [-0.15, -0.1) is 0 Å². The van der Waals surface area contributed by atoms with Crippen LogP contribution in [0.1, 0.15) is 45.9 Å². The molecule has 7 aromatic carbocycles. The van der Waals surface area contributed by atoms with E-state index in [0.29, 0.717) is 0 Å². The Balaban J connectivity index is 1.25. The van der Waals surface area contributed by atoms with Crippen LogP contribution in [-0.4, -0.2) is 0 Å². The second-order valence-corrected chi connectivity index (χ2v) is 13.4. The number of benzene rings is 7. The molecule has 0 saturated carbocycles. The molecule has 1 heteroatoms. The quantitative estimate of drug-likeness (QED) is 0.191. The van der Waals surface area contributed by atoms with E-state index in [1.165, 1.54) is 83.5 Å². The van der Waals surface area contributed by atoms with Crippen LogP contribution in [0.25, 0.3) is 50.6 Å². The Morgan fingerprint density at radius 2 is 1.00 bits per heavy atom. The highest BCUT2D eigenvalue weighted by Gasteiger charge is 2.52. The van der Waals surface area contributed by atoms with Crippen molar-refractivity contribution in [2.45, 2.75) is 19.3 Å². The van der Waals surface area contributed by atoms with Crippen LogP contribution in [0.3, 0.4) is 0 Å². The molecule has 50 heavy (non-hydrogen) atoms. The minimum atomic E-state index is -0.423. The minimum absolute atomic E-state index is 0.423. The summed E-state index contributed by atoms with van der Waals surface area (Å²) >= 11 is 0. The molecular formula is C49H37N. The Morgan fingerprint density at radius 1 is 0.440 bits per heavy atom. The van der Waals surface area contributed by atoms with Crippen LogP contribution < -0.4 is 5.32 Å². The lowest BCUT2D eigenvalue weighted by Gasteiger charge is -2.34. The number of fused-ring (bicyclic) bond motifs is 7. The van der Waals surface area contributed by atoms with Crippen molar-refractivity contribution in [1.29, 1.82) is 0 Å². The van der Waals surface area contributed by atoms with Crippen LogP contribution in [0.4, 0.5) is 5.69 Å². The molecule has 2 aliphatic carbocycles. The largest absolute Gasteiger partial charge is 0.362 e. The van der Waals surface area contributed by atoms with Gasteiger partial charge in [0.15, 0.2) is 0 Å². The Morgan fingerprint density at radius 3 is 1.76 bits per heavy atom. The van der Waals surface area contributed by atoms with E-state index < -0.39 is 5.41 Å². The Hall–Kier alpha value is -6.18. The number of aryl methyl sites for hydroxylation is 1. The van der Waals surface area contributed by atoms with Gasteiger partial charge in [-0.05, 0) is 122 Å². The predicted octanol–water partition coefficient (Wildman–Crippen LogP) is 12.7. The van der Waals surface area contributed by atoms with Gasteiger partial charge in [0.25, 0.3) is 0 Å². The van der Waals surface area contributed by atoms with E-state index in [2.05, 4.69) is 177 Å². The summed E-state index contributed by atoms with van der Waals surface area (Å²) in [6.45, 7) is 4.58. The molecule has 7 aromatic rings. The zero-order valence-electron chi connectivity index (χ0n) is 28.3. The number of rotatable bonds is 6. The second kappa shape index (κ2) is 12.1. The Kier molecular flexibility index (Phi) is 7.21. The molecule has 0 radical (unpaired) electrons. The lowest BCUT2D eigenvalue weighted by Crippen LogP contribution is -2.27. The van der Waals surface area contributed by atoms with Crippen LogP contribution >= 0.6 is 0 Å². The maximum absolute atomic E-state index is 3.43. The molecule has 0 amide bonds. The molecule has 0 saturated heterocycles. The first-order valence-corrected chi connectivity index (χ1v) is 17.4. The van der Waals surface area contributed by atoms with Crippen LogP contribution in [0.5, 0.6) is 0 Å². The molecule has 0 bridgehead atoms. The van der Waals surface area contributed by atoms with Gasteiger partial charge in [0.2, 0.25) is 0 Å². The summed E-state index contributed by atoms with van der Waals surface area (Å²) < 4.78 is 0. The first kappa shape index (κ1) is 29.9. The summed E-state index contributed by atoms with van der Waals surface area (Å²) in [5.41, 5.74) is 20.1. The number of hydrogen-bond donors (Lipinski definition) is 1. The fraction of sp³-hybridized carbons (Fsp3) is 0.0612. The summed E-state index contributed by atoms with van der Waals surface area (Å²) in [4.78, 5) is 0. The van der Waals surface area contributed by atoms with Crippen LogP contribution in [0, 0.1) is 6.92 Å². The maximum atomic E-state index is 3.43. The van der Waals surface area contributed by atoms with E-state index in [0.717, 1.165) is 5.69 Å². The number of anilines is 1. The average molecular weight is 640 g/mol. The van der Waals surface area contributed by atoms with E-state index in [4.69, 9.17) is 0 Å². The molecule has 238 valence electrons. The van der Waals surface area contributed by atoms with Crippen molar-refractivity contribution in [2.75, 3.05) is 5.32 Å². The predicted molar refractivity (Wildman–Crippen MR) is 212 cm³/mol. The van der Waals surface area contributed by atoms with Gasteiger partial charge >= 0.3 is 0 Å². The first-order valence-electron chi connectivity index (χ1n) is 17.4. The van der Waals surface area contributed by atoms with Crippen LogP contribution in [0.2, 0.25) is 0 Å². The lowest BCUT2D eigenvalue weighted by molar-refractivity contribution is 0.841. The van der Waals surface area contributed by atoms with E-state index in [1.54, 1.807) is 0 Å². The van der Waals surface area contributed by atoms with Gasteiger partial charge in [0.1, 0.15) is 0 Å². The van der Waals surface area contributed by atoms with Crippen molar-refractivity contribution in [2.24, 2.45) is 0 Å². The number of hydrogen-bond acceptors (Lipinski definition) is 1. The third-order valence-electron chi connectivity index (χ3n) is 10.7. The van der Waals surface area contributed by atoms with Crippen molar-refractivity contribution >= 4 is 22.9 Å². The van der Waals surface area contributed by atoms with Gasteiger partial charge in [-0.3, -0.25) is 0 Å². The molecule has 1 atom stereocenters. The van der Waals surface area contributed by atoms with Gasteiger partial charge in [-0.25, -0.2) is 0 Å². The zero-order valence-corrected chi connectivity index (χ0v) is 28.3. The molecule has 0 fully saturated rings. The molecule has 2 aliphatic rings. The summed E-state index contributed by atoms with van der Waals surface area (Å²) in [5, 5.41) is 3.43. The molecule has 0 aliphatic heterocycles. The van der Waals surface area contributed by atoms with Crippen molar-refractivity contribution < 1.29 is 0 Å². The molecular weight excluding hydrogens is 603 g/mol. The van der Waals surface area contributed by atoms with Gasteiger partial charge in [-0.1, -0.05) is 152 Å². The third kappa shape index (κ3) is 4.55. The maximum Gasteiger partial charge on any atom is 0.0728 e. The van der Waals surface area contributed by atoms with Gasteiger partial charge < -0.3 is 5.32 Å². The monoisotopic (exact) mass is 639 g/mol. The normalized spacial score (nSPS) is 15.7. The molecule has 1 nitrogen and oxygen atoms in total. The highest BCUT2D eigenvalue weighted by atomic mass is 14.8. The zero-order chi connectivity index (χ0) is 33.7. The third-order valence-corrected chi connectivity index (χ3v) is 10.7. The first-order chi connectivity index (χ1) is 24.7. The molecule has 1 spiro atoms. The van der Waals surface area contributed by atoms with Gasteiger partial charge in [-0.2, -0.15) is 0 Å². The minimum Gasteiger partial charge on any atom is -0.362 e. The molecule has 1 unspecified atom stereocenters. The number of para-hydroxylation sites is 1. The van der Waals surface area contributed by atoms with E-state index >= 15 is 0 Å². The van der Waals surface area contributed by atoms with Crippen molar-refractivity contribution in [1.82, 2.24) is 0 Å². The van der Waals surface area contributed by atoms with Gasteiger partial charge in [0, 0.05) is 11.9 Å². The summed E-state index contributed by atoms with van der Waals surface area (Å²) in [6.07, 6.45) is 4.21. The molecule has 0 heterocycles. The fourth-order valence-electron chi connectivity index (χ4n) is 8.57.